The standard InChI is InChI=1S/C24H38FN/c1-2-3-5-8-20-11-15-22(16-12-20)23-17-13-21(14-18-23)9-6-4-7-10-24(25)19-26/h4,7,10,20-23H,2-3,5-6,8-9,11-18H2,1H3/t20-,21-,22-,23-. The molecule has 26 heavy (non-hydrogen) atoms. The fraction of sp³-hybridized carbons (Fsp3) is 0.792. The van der Waals surface area contributed by atoms with E-state index in [4.69, 9.17) is 5.26 Å². The van der Waals surface area contributed by atoms with Gasteiger partial charge in [0.1, 0.15) is 6.07 Å². The summed E-state index contributed by atoms with van der Waals surface area (Å²) in [4.78, 5) is 0. The molecule has 2 heteroatoms. The molecule has 0 atom stereocenters. The highest BCUT2D eigenvalue weighted by molar-refractivity contribution is 5.18. The molecule has 0 unspecified atom stereocenters. The number of nitriles is 1. The molecule has 0 spiro atoms. The van der Waals surface area contributed by atoms with Gasteiger partial charge in [0, 0.05) is 0 Å². The topological polar surface area (TPSA) is 23.8 Å². The maximum Gasteiger partial charge on any atom is 0.199 e. The van der Waals surface area contributed by atoms with E-state index in [0.29, 0.717) is 0 Å². The minimum atomic E-state index is -0.707. The molecule has 0 aromatic rings. The van der Waals surface area contributed by atoms with Gasteiger partial charge in [-0.2, -0.15) is 9.65 Å². The van der Waals surface area contributed by atoms with Crippen molar-refractivity contribution in [3.05, 3.63) is 24.1 Å². The third-order valence-electron chi connectivity index (χ3n) is 6.89. The van der Waals surface area contributed by atoms with Crippen LogP contribution in [0.2, 0.25) is 0 Å². The molecule has 0 bridgehead atoms. The molecule has 2 aliphatic rings. The predicted molar refractivity (Wildman–Crippen MR) is 108 cm³/mol. The summed E-state index contributed by atoms with van der Waals surface area (Å²) in [5, 5.41) is 8.36. The van der Waals surface area contributed by atoms with E-state index in [1.54, 1.807) is 6.08 Å². The number of rotatable bonds is 9. The number of halogens is 1. The van der Waals surface area contributed by atoms with Crippen LogP contribution in [-0.4, -0.2) is 0 Å². The van der Waals surface area contributed by atoms with Gasteiger partial charge in [-0.3, -0.25) is 0 Å². The lowest BCUT2D eigenvalue weighted by Gasteiger charge is -2.38. The summed E-state index contributed by atoms with van der Waals surface area (Å²) in [7, 11) is 0. The summed E-state index contributed by atoms with van der Waals surface area (Å²) in [5.41, 5.74) is 0. The summed E-state index contributed by atoms with van der Waals surface area (Å²) >= 11 is 0. The summed E-state index contributed by atoms with van der Waals surface area (Å²) in [6.07, 6.45) is 24.5. The Balaban J connectivity index is 1.58. The van der Waals surface area contributed by atoms with Crippen molar-refractivity contribution in [1.82, 2.24) is 0 Å². The van der Waals surface area contributed by atoms with E-state index in [1.807, 2.05) is 6.08 Å². The van der Waals surface area contributed by atoms with E-state index in [0.717, 1.165) is 30.1 Å². The molecular weight excluding hydrogens is 321 g/mol. The van der Waals surface area contributed by atoms with E-state index in [1.165, 1.54) is 95.6 Å². The second kappa shape index (κ2) is 12.3. The van der Waals surface area contributed by atoms with Crippen molar-refractivity contribution in [3.63, 3.8) is 0 Å². The van der Waals surface area contributed by atoms with Gasteiger partial charge in [0.2, 0.25) is 0 Å². The Kier molecular flexibility index (Phi) is 10.0. The van der Waals surface area contributed by atoms with Gasteiger partial charge >= 0.3 is 0 Å². The molecule has 2 saturated carbocycles. The monoisotopic (exact) mass is 359 g/mol. The Hall–Kier alpha value is -1.10. The first-order valence-electron chi connectivity index (χ1n) is 11.1. The lowest BCUT2D eigenvalue weighted by Crippen LogP contribution is -2.25. The zero-order valence-corrected chi connectivity index (χ0v) is 16.8. The average Bonchev–Trinajstić information content (AvgIpc) is 2.69. The first-order valence-corrected chi connectivity index (χ1v) is 11.1. The Morgan fingerprint density at radius 3 is 2.04 bits per heavy atom. The van der Waals surface area contributed by atoms with Crippen molar-refractivity contribution >= 4 is 0 Å². The highest BCUT2D eigenvalue weighted by Crippen LogP contribution is 2.43. The second-order valence-corrected chi connectivity index (χ2v) is 8.69. The fourth-order valence-electron chi connectivity index (χ4n) is 5.20. The minimum Gasteiger partial charge on any atom is -0.195 e. The second-order valence-electron chi connectivity index (χ2n) is 8.69. The van der Waals surface area contributed by atoms with E-state index >= 15 is 0 Å². The van der Waals surface area contributed by atoms with Crippen molar-refractivity contribution in [2.75, 3.05) is 0 Å². The molecule has 2 fully saturated rings. The molecule has 2 aliphatic carbocycles. The third-order valence-corrected chi connectivity index (χ3v) is 6.89. The Morgan fingerprint density at radius 1 is 0.923 bits per heavy atom. The third kappa shape index (κ3) is 7.65. The van der Waals surface area contributed by atoms with Gasteiger partial charge in [-0.15, -0.1) is 0 Å². The molecule has 0 heterocycles. The first-order chi connectivity index (χ1) is 12.7. The smallest absolute Gasteiger partial charge is 0.195 e. The van der Waals surface area contributed by atoms with E-state index in [-0.39, 0.29) is 0 Å². The number of nitrogens with zero attached hydrogens (tertiary/aromatic N) is 1. The lowest BCUT2D eigenvalue weighted by atomic mass is 9.68. The van der Waals surface area contributed by atoms with Crippen LogP contribution in [0.3, 0.4) is 0 Å². The molecule has 2 rings (SSSR count). The van der Waals surface area contributed by atoms with Crippen LogP contribution in [0.25, 0.3) is 0 Å². The zero-order chi connectivity index (χ0) is 18.6. The van der Waals surface area contributed by atoms with Crippen molar-refractivity contribution in [1.29, 1.82) is 5.26 Å². The Labute approximate surface area is 160 Å². The maximum absolute atomic E-state index is 12.7. The predicted octanol–water partition coefficient (Wildman–Crippen LogP) is 7.89. The molecule has 1 nitrogen and oxygen atoms in total. The van der Waals surface area contributed by atoms with Crippen molar-refractivity contribution in [2.24, 2.45) is 23.7 Å². The zero-order valence-electron chi connectivity index (χ0n) is 16.8. The molecule has 0 saturated heterocycles. The molecule has 0 N–H and O–H groups in total. The van der Waals surface area contributed by atoms with Crippen molar-refractivity contribution in [3.8, 4) is 6.07 Å². The van der Waals surface area contributed by atoms with Gasteiger partial charge in [0.25, 0.3) is 0 Å². The van der Waals surface area contributed by atoms with Gasteiger partial charge in [-0.1, -0.05) is 70.4 Å². The van der Waals surface area contributed by atoms with Gasteiger partial charge < -0.3 is 0 Å². The summed E-state index contributed by atoms with van der Waals surface area (Å²) in [6, 6.07) is 1.50. The maximum atomic E-state index is 12.7. The van der Waals surface area contributed by atoms with E-state index in [9.17, 15) is 4.39 Å². The van der Waals surface area contributed by atoms with Crippen LogP contribution < -0.4 is 0 Å². The molecule has 0 aromatic heterocycles. The summed E-state index contributed by atoms with van der Waals surface area (Å²) in [5.74, 6) is 3.18. The van der Waals surface area contributed by atoms with Crippen LogP contribution in [0.15, 0.2) is 24.1 Å². The molecular formula is C24H38FN. The highest BCUT2D eigenvalue weighted by Gasteiger charge is 2.30. The van der Waals surface area contributed by atoms with Gasteiger partial charge in [0.15, 0.2) is 5.83 Å². The molecule has 0 amide bonds. The van der Waals surface area contributed by atoms with Crippen molar-refractivity contribution < 1.29 is 4.39 Å². The quantitative estimate of drug-likeness (QED) is 0.233. The summed E-state index contributed by atoms with van der Waals surface area (Å²) < 4.78 is 12.7. The summed E-state index contributed by atoms with van der Waals surface area (Å²) in [6.45, 7) is 2.30. The van der Waals surface area contributed by atoms with Crippen molar-refractivity contribution in [2.45, 2.75) is 96.8 Å². The number of hydrogen-bond acceptors (Lipinski definition) is 1. The van der Waals surface area contributed by atoms with Gasteiger partial charge in [-0.05, 0) is 68.3 Å². The van der Waals surface area contributed by atoms with Crippen LogP contribution >= 0.6 is 0 Å². The fourth-order valence-corrected chi connectivity index (χ4v) is 5.20. The van der Waals surface area contributed by atoms with Crippen LogP contribution in [-0.2, 0) is 0 Å². The molecule has 0 radical (unpaired) electrons. The molecule has 146 valence electrons. The van der Waals surface area contributed by atoms with Gasteiger partial charge in [0.05, 0.1) is 0 Å². The lowest BCUT2D eigenvalue weighted by molar-refractivity contribution is 0.140. The van der Waals surface area contributed by atoms with Gasteiger partial charge in [-0.25, -0.2) is 0 Å². The largest absolute Gasteiger partial charge is 0.199 e. The van der Waals surface area contributed by atoms with E-state index < -0.39 is 5.83 Å². The number of unbranched alkanes of at least 4 members (excludes halogenated alkanes) is 2. The molecule has 0 aliphatic heterocycles. The van der Waals surface area contributed by atoms with Crippen LogP contribution in [0.1, 0.15) is 96.8 Å². The Bertz CT molecular complexity index is 471. The Morgan fingerprint density at radius 2 is 1.50 bits per heavy atom. The van der Waals surface area contributed by atoms with Crippen LogP contribution in [0.5, 0.6) is 0 Å². The SMILES string of the molecule is CCCCC[C@H]1CC[C@H]([C@H]2CC[C@H](CCC=CC=C(F)C#N)CC2)CC1. The first kappa shape index (κ1) is 21.2. The number of allylic oxidation sites excluding steroid dienone is 4. The van der Waals surface area contributed by atoms with Crippen LogP contribution in [0.4, 0.5) is 4.39 Å². The number of hydrogen-bond donors (Lipinski definition) is 0. The highest BCUT2D eigenvalue weighted by atomic mass is 19.1. The average molecular weight is 360 g/mol. The minimum absolute atomic E-state index is 0.707. The normalized spacial score (nSPS) is 30.4. The van der Waals surface area contributed by atoms with E-state index in [2.05, 4.69) is 6.92 Å². The molecule has 0 aromatic carbocycles. The van der Waals surface area contributed by atoms with Crippen LogP contribution in [0, 0.1) is 35.0 Å².